The second-order valence-corrected chi connectivity index (χ2v) is 10.6. The Hall–Kier alpha value is -2.54. The number of nitrogens with one attached hydrogen (secondary N) is 1. The van der Waals surface area contributed by atoms with E-state index >= 15 is 0 Å². The molecule has 2 amide bonds. The summed E-state index contributed by atoms with van der Waals surface area (Å²) in [5.74, 6) is 0.593. The Morgan fingerprint density at radius 2 is 1.72 bits per heavy atom. The number of carbonyl (C=O) groups excluding carboxylic acids is 2. The molecule has 2 aromatic rings. The number of carbonyl (C=O) groups is 2. The minimum Gasteiger partial charge on any atom is -0.484 e. The summed E-state index contributed by atoms with van der Waals surface area (Å²) in [4.78, 5) is 27.1. The molecule has 2 rings (SSSR count). The van der Waals surface area contributed by atoms with E-state index in [1.807, 2.05) is 45.4 Å². The molecule has 0 bridgehead atoms. The smallest absolute Gasteiger partial charge is 0.261 e. The highest BCUT2D eigenvalue weighted by Crippen LogP contribution is 2.28. The van der Waals surface area contributed by atoms with Crippen molar-refractivity contribution < 1.29 is 14.3 Å². The molecular weight excluding hydrogens is 428 g/mol. The van der Waals surface area contributed by atoms with Gasteiger partial charge in [0, 0.05) is 22.5 Å². The van der Waals surface area contributed by atoms with Gasteiger partial charge >= 0.3 is 0 Å². The van der Waals surface area contributed by atoms with Crippen molar-refractivity contribution >= 4 is 29.2 Å². The molecule has 0 aliphatic carbocycles. The standard InChI is InChI=1S/C24H35ClN4O3/c1-16(2)28(22(31)15-32-18-11-9-17(25)10-12-18)14-21(30)26-20-13-19(23(3,4)5)27-29(20)24(6,7)8/h9-13,16H,14-15H2,1-8H3,(H,26,30). The predicted octanol–water partition coefficient (Wildman–Crippen LogP) is 4.84. The number of hydrogen-bond donors (Lipinski definition) is 1. The van der Waals surface area contributed by atoms with Crippen LogP contribution < -0.4 is 10.1 Å². The Kier molecular flexibility index (Phi) is 7.99. The van der Waals surface area contributed by atoms with E-state index in [4.69, 9.17) is 21.4 Å². The number of nitrogens with zero attached hydrogens (tertiary/aromatic N) is 3. The molecule has 0 fully saturated rings. The molecule has 0 aliphatic heterocycles. The third-order valence-electron chi connectivity index (χ3n) is 4.81. The van der Waals surface area contributed by atoms with Crippen molar-refractivity contribution in [1.82, 2.24) is 14.7 Å². The number of rotatable bonds is 7. The maximum atomic E-state index is 12.9. The second-order valence-electron chi connectivity index (χ2n) is 10.2. The van der Waals surface area contributed by atoms with E-state index < -0.39 is 0 Å². The van der Waals surface area contributed by atoms with Crippen molar-refractivity contribution in [1.29, 1.82) is 0 Å². The summed E-state index contributed by atoms with van der Waals surface area (Å²) in [6.45, 7) is 15.8. The van der Waals surface area contributed by atoms with Crippen molar-refractivity contribution in [3.05, 3.63) is 41.0 Å². The molecule has 0 spiro atoms. The third-order valence-corrected chi connectivity index (χ3v) is 5.07. The number of aromatic nitrogens is 2. The van der Waals surface area contributed by atoms with Gasteiger partial charge < -0.3 is 15.0 Å². The summed E-state index contributed by atoms with van der Waals surface area (Å²) in [7, 11) is 0. The van der Waals surface area contributed by atoms with Crippen LogP contribution in [0.1, 0.15) is 61.1 Å². The minimum absolute atomic E-state index is 0.0827. The van der Waals surface area contributed by atoms with Crippen LogP contribution in [0.5, 0.6) is 5.75 Å². The van der Waals surface area contributed by atoms with Gasteiger partial charge in [-0.15, -0.1) is 0 Å². The van der Waals surface area contributed by atoms with Crippen molar-refractivity contribution in [2.75, 3.05) is 18.5 Å². The first kappa shape index (κ1) is 25.7. The zero-order chi connectivity index (χ0) is 24.3. The lowest BCUT2D eigenvalue weighted by molar-refractivity contribution is -0.138. The number of anilines is 1. The van der Waals surface area contributed by atoms with Gasteiger partial charge in [-0.3, -0.25) is 9.59 Å². The van der Waals surface area contributed by atoms with E-state index in [2.05, 4.69) is 26.1 Å². The van der Waals surface area contributed by atoms with Crippen molar-refractivity contribution in [2.24, 2.45) is 0 Å². The maximum absolute atomic E-state index is 12.9. The normalized spacial score (nSPS) is 12.1. The first-order chi connectivity index (χ1) is 14.7. The molecule has 0 unspecified atom stereocenters. The third kappa shape index (κ3) is 6.99. The van der Waals surface area contributed by atoms with Crippen LogP contribution >= 0.6 is 11.6 Å². The van der Waals surface area contributed by atoms with Gasteiger partial charge in [-0.25, -0.2) is 4.68 Å². The minimum atomic E-state index is -0.313. The number of hydrogen-bond acceptors (Lipinski definition) is 4. The molecule has 0 saturated carbocycles. The van der Waals surface area contributed by atoms with Crippen LogP contribution in [-0.2, 0) is 20.5 Å². The number of halogens is 1. The predicted molar refractivity (Wildman–Crippen MR) is 128 cm³/mol. The van der Waals surface area contributed by atoms with Crippen molar-refractivity contribution in [3.63, 3.8) is 0 Å². The zero-order valence-electron chi connectivity index (χ0n) is 20.3. The fourth-order valence-corrected chi connectivity index (χ4v) is 3.13. The van der Waals surface area contributed by atoms with Crippen molar-refractivity contribution in [2.45, 2.75) is 72.4 Å². The van der Waals surface area contributed by atoms with E-state index in [0.717, 1.165) is 5.69 Å². The summed E-state index contributed by atoms with van der Waals surface area (Å²) < 4.78 is 7.38. The zero-order valence-corrected chi connectivity index (χ0v) is 21.1. The van der Waals surface area contributed by atoms with Crippen LogP contribution in [-0.4, -0.2) is 45.7 Å². The summed E-state index contributed by atoms with van der Waals surface area (Å²) in [6.07, 6.45) is 0. The molecule has 7 nitrogen and oxygen atoms in total. The van der Waals surface area contributed by atoms with E-state index in [1.165, 1.54) is 4.90 Å². The largest absolute Gasteiger partial charge is 0.484 e. The topological polar surface area (TPSA) is 76.5 Å². The van der Waals surface area contributed by atoms with Gasteiger partial charge in [-0.1, -0.05) is 32.4 Å². The van der Waals surface area contributed by atoms with Crippen LogP contribution in [0.15, 0.2) is 30.3 Å². The molecule has 8 heteroatoms. The van der Waals surface area contributed by atoms with Crippen LogP contribution in [0.2, 0.25) is 5.02 Å². The average molecular weight is 463 g/mol. The molecule has 0 saturated heterocycles. The summed E-state index contributed by atoms with van der Waals surface area (Å²) in [6, 6.07) is 8.51. The van der Waals surface area contributed by atoms with Gasteiger partial charge in [0.25, 0.3) is 5.91 Å². The average Bonchev–Trinajstić information content (AvgIpc) is 3.10. The van der Waals surface area contributed by atoms with Crippen LogP contribution in [0.4, 0.5) is 5.82 Å². The molecule has 1 heterocycles. The Morgan fingerprint density at radius 1 is 1.12 bits per heavy atom. The van der Waals surface area contributed by atoms with Crippen LogP contribution in [0.3, 0.4) is 0 Å². The molecule has 1 aromatic heterocycles. The molecular formula is C24H35ClN4O3. The summed E-state index contributed by atoms with van der Waals surface area (Å²) in [5.41, 5.74) is 0.414. The molecule has 1 aromatic carbocycles. The molecule has 1 N–H and O–H groups in total. The fraction of sp³-hybridized carbons (Fsp3) is 0.542. The molecule has 0 aliphatic rings. The number of amides is 2. The van der Waals surface area contributed by atoms with Gasteiger partial charge in [0.2, 0.25) is 5.91 Å². The summed E-state index contributed by atoms with van der Waals surface area (Å²) >= 11 is 5.87. The highest BCUT2D eigenvalue weighted by molar-refractivity contribution is 6.30. The van der Waals surface area contributed by atoms with E-state index in [-0.39, 0.29) is 42.0 Å². The highest BCUT2D eigenvalue weighted by Gasteiger charge is 2.27. The Balaban J connectivity index is 2.10. The Labute approximate surface area is 196 Å². The van der Waals surface area contributed by atoms with Gasteiger partial charge in [0.1, 0.15) is 18.1 Å². The van der Waals surface area contributed by atoms with Crippen molar-refractivity contribution in [3.8, 4) is 5.75 Å². The quantitative estimate of drug-likeness (QED) is 0.638. The number of benzene rings is 1. The fourth-order valence-electron chi connectivity index (χ4n) is 3.00. The van der Waals surface area contributed by atoms with Gasteiger partial charge in [0.15, 0.2) is 6.61 Å². The van der Waals surface area contributed by atoms with Crippen LogP contribution in [0.25, 0.3) is 0 Å². The molecule has 0 atom stereocenters. The SMILES string of the molecule is CC(C)N(CC(=O)Nc1cc(C(C)(C)C)nn1C(C)(C)C)C(=O)COc1ccc(Cl)cc1. The first-order valence-electron chi connectivity index (χ1n) is 10.8. The number of ether oxygens (including phenoxy) is 1. The van der Waals surface area contributed by atoms with Gasteiger partial charge in [-0.05, 0) is 58.9 Å². The second kappa shape index (κ2) is 9.94. The summed E-state index contributed by atoms with van der Waals surface area (Å²) in [5, 5.41) is 8.25. The molecule has 32 heavy (non-hydrogen) atoms. The Bertz CT molecular complexity index is 938. The van der Waals surface area contributed by atoms with E-state index in [1.54, 1.807) is 24.3 Å². The van der Waals surface area contributed by atoms with Crippen LogP contribution in [0, 0.1) is 0 Å². The molecule has 176 valence electrons. The lowest BCUT2D eigenvalue weighted by Crippen LogP contribution is -2.44. The monoisotopic (exact) mass is 462 g/mol. The maximum Gasteiger partial charge on any atom is 0.261 e. The van der Waals surface area contributed by atoms with Gasteiger partial charge in [0.05, 0.1) is 11.2 Å². The van der Waals surface area contributed by atoms with E-state index in [9.17, 15) is 9.59 Å². The first-order valence-corrected chi connectivity index (χ1v) is 11.1. The van der Waals surface area contributed by atoms with Gasteiger partial charge in [-0.2, -0.15) is 5.10 Å². The van der Waals surface area contributed by atoms with E-state index in [0.29, 0.717) is 16.6 Å². The Morgan fingerprint density at radius 3 is 2.22 bits per heavy atom. The lowest BCUT2D eigenvalue weighted by Gasteiger charge is -2.27. The molecule has 0 radical (unpaired) electrons. The highest BCUT2D eigenvalue weighted by atomic mass is 35.5. The lowest BCUT2D eigenvalue weighted by atomic mass is 9.92.